The number of ether oxygens (including phenoxy) is 2. The molecule has 4 atom stereocenters. The minimum Gasteiger partial charge on any atom is -0.469 e. The number of hydrogen-bond acceptors (Lipinski definition) is 9. The summed E-state index contributed by atoms with van der Waals surface area (Å²) in [6.45, 7) is 10.7. The zero-order valence-corrected chi connectivity index (χ0v) is 35.3. The number of alkyl carbamates (subject to hydrolysis) is 1. The second kappa shape index (κ2) is 19.1. The molecule has 2 aromatic carbocycles. The number of carbonyl (C=O) groups is 5. The zero-order chi connectivity index (χ0) is 43.1. The van der Waals surface area contributed by atoms with Gasteiger partial charge in [0.1, 0.15) is 23.7 Å². The molecular weight excluding hydrogens is 765 g/mol. The van der Waals surface area contributed by atoms with Crippen LogP contribution in [-0.2, 0) is 28.7 Å². The highest BCUT2D eigenvalue weighted by Crippen LogP contribution is 2.33. The lowest BCUT2D eigenvalue weighted by molar-refractivity contribution is -0.152. The molecule has 0 saturated carbocycles. The van der Waals surface area contributed by atoms with Crippen molar-refractivity contribution in [1.29, 1.82) is 0 Å². The van der Waals surface area contributed by atoms with Crippen molar-refractivity contribution in [2.24, 2.45) is 17.8 Å². The molecule has 2 fully saturated rings. The van der Waals surface area contributed by atoms with Crippen LogP contribution in [0.5, 0.6) is 0 Å². The molecule has 4 heterocycles. The molecule has 0 unspecified atom stereocenters. The summed E-state index contributed by atoms with van der Waals surface area (Å²) in [5.41, 5.74) is 5.06. The van der Waals surface area contributed by atoms with Crippen molar-refractivity contribution in [2.75, 3.05) is 40.4 Å². The number of benzene rings is 2. The molecule has 6 rings (SSSR count). The fourth-order valence-corrected chi connectivity index (χ4v) is 7.76. The average molecular weight is 819 g/mol. The highest BCUT2D eigenvalue weighted by atomic mass is 16.5. The largest absolute Gasteiger partial charge is 0.469 e. The Kier molecular flexibility index (Phi) is 13.7. The van der Waals surface area contributed by atoms with Crippen molar-refractivity contribution in [2.45, 2.75) is 72.0 Å². The summed E-state index contributed by atoms with van der Waals surface area (Å²) >= 11 is 0. The molecule has 2 saturated heterocycles. The van der Waals surface area contributed by atoms with Gasteiger partial charge in [-0.05, 0) is 60.1 Å². The number of piperazine rings is 1. The third-order valence-corrected chi connectivity index (χ3v) is 11.3. The van der Waals surface area contributed by atoms with Crippen LogP contribution in [0, 0.1) is 29.6 Å². The summed E-state index contributed by atoms with van der Waals surface area (Å²) in [5, 5.41) is 2.68. The number of nitrogens with one attached hydrogen (secondary N) is 3. The molecular formula is C45H54N8O7. The van der Waals surface area contributed by atoms with Gasteiger partial charge in [0.2, 0.25) is 17.7 Å². The van der Waals surface area contributed by atoms with Crippen LogP contribution in [0.3, 0.4) is 0 Å². The van der Waals surface area contributed by atoms with E-state index in [4.69, 9.17) is 9.47 Å². The Morgan fingerprint density at radius 3 is 1.80 bits per heavy atom. The van der Waals surface area contributed by atoms with E-state index in [2.05, 4.69) is 37.1 Å². The van der Waals surface area contributed by atoms with Crippen LogP contribution >= 0.6 is 0 Å². The van der Waals surface area contributed by atoms with Crippen LogP contribution < -0.4 is 5.32 Å². The lowest BCUT2D eigenvalue weighted by Gasteiger charge is -2.42. The first-order chi connectivity index (χ1) is 28.8. The number of H-pyrrole nitrogens is 2. The first-order valence-electron chi connectivity index (χ1n) is 20.4. The lowest BCUT2D eigenvalue weighted by atomic mass is 9.90. The number of aromatic nitrogens is 4. The van der Waals surface area contributed by atoms with E-state index in [9.17, 15) is 24.0 Å². The van der Waals surface area contributed by atoms with Crippen LogP contribution in [0.4, 0.5) is 4.79 Å². The van der Waals surface area contributed by atoms with E-state index < -0.39 is 30.1 Å². The van der Waals surface area contributed by atoms with Gasteiger partial charge in [0.15, 0.2) is 0 Å². The maximum Gasteiger partial charge on any atom is 0.407 e. The number of rotatable bonds is 11. The Balaban J connectivity index is 1.11. The molecule has 0 spiro atoms. The van der Waals surface area contributed by atoms with Crippen LogP contribution in [0.2, 0.25) is 0 Å². The van der Waals surface area contributed by atoms with Gasteiger partial charge in [-0.3, -0.25) is 19.2 Å². The van der Waals surface area contributed by atoms with E-state index in [1.807, 2.05) is 76.2 Å². The minimum absolute atomic E-state index is 0.0199. The van der Waals surface area contributed by atoms with Gasteiger partial charge in [-0.2, -0.15) is 0 Å². The zero-order valence-electron chi connectivity index (χ0n) is 35.3. The molecule has 0 bridgehead atoms. The maximum absolute atomic E-state index is 13.9. The molecule has 0 aliphatic carbocycles. The molecule has 0 radical (unpaired) electrons. The Morgan fingerprint density at radius 2 is 1.30 bits per heavy atom. The van der Waals surface area contributed by atoms with E-state index >= 15 is 0 Å². The van der Waals surface area contributed by atoms with Gasteiger partial charge in [0.25, 0.3) is 0 Å². The Hall–Kier alpha value is -6.43. The molecule has 15 heteroatoms. The summed E-state index contributed by atoms with van der Waals surface area (Å²) in [7, 11) is 2.60. The number of esters is 1. The smallest absolute Gasteiger partial charge is 0.407 e. The number of aromatic amines is 2. The van der Waals surface area contributed by atoms with Crippen molar-refractivity contribution in [1.82, 2.24) is 40.0 Å². The molecule has 316 valence electrons. The Bertz CT molecular complexity index is 2230. The second-order valence-electron chi connectivity index (χ2n) is 16.0. The number of imidazole rings is 2. The molecule has 3 N–H and O–H groups in total. The van der Waals surface area contributed by atoms with Gasteiger partial charge in [-0.1, -0.05) is 63.8 Å². The van der Waals surface area contributed by atoms with Crippen LogP contribution in [-0.4, -0.2) is 111 Å². The predicted molar refractivity (Wildman–Crippen MR) is 224 cm³/mol. The number of nitrogens with zero attached hydrogens (tertiary/aromatic N) is 5. The van der Waals surface area contributed by atoms with Gasteiger partial charge in [-0.15, -0.1) is 0 Å². The number of carbonyl (C=O) groups excluding carboxylic acids is 5. The molecule has 2 aromatic heterocycles. The molecule has 15 nitrogen and oxygen atoms in total. The third-order valence-electron chi connectivity index (χ3n) is 11.3. The van der Waals surface area contributed by atoms with Gasteiger partial charge < -0.3 is 39.5 Å². The van der Waals surface area contributed by atoms with E-state index in [-0.39, 0.29) is 48.6 Å². The van der Waals surface area contributed by atoms with Crippen molar-refractivity contribution >= 4 is 29.8 Å². The van der Waals surface area contributed by atoms with Gasteiger partial charge in [0.05, 0.1) is 56.4 Å². The Labute approximate surface area is 350 Å². The van der Waals surface area contributed by atoms with Gasteiger partial charge >= 0.3 is 12.1 Å². The third kappa shape index (κ3) is 9.87. The average Bonchev–Trinajstić information content (AvgIpc) is 4.05. The summed E-state index contributed by atoms with van der Waals surface area (Å²) in [6.07, 6.45) is 4.44. The number of amides is 4. The standard InChI is InChI=1S/C45H54N8O7/c1-27(2)34(23-39(55)59-6)43(56)53-22-21-51(29(5)54)26-38(53)42-47-25-36(49-42)33-18-14-31(15-19-33)11-10-30-12-16-32(17-13-30)35-24-46-41(48-35)37-9-8-20-52(37)44(57)40(28(3)4)50-45(58)60-7/h12-19,24-25,27-28,34,37-38,40H,8-9,20-23,26H2,1-7H3,(H,46,48)(H,47,49)(H,50,58)/t34-,37-,38-,40-/m0/s1. The Morgan fingerprint density at radius 1 is 0.750 bits per heavy atom. The number of methoxy groups -OCH3 is 2. The summed E-state index contributed by atoms with van der Waals surface area (Å²) in [5.74, 6) is 6.12. The fourth-order valence-electron chi connectivity index (χ4n) is 7.76. The summed E-state index contributed by atoms with van der Waals surface area (Å²) in [6, 6.07) is 14.2. The first kappa shape index (κ1) is 43.2. The van der Waals surface area contributed by atoms with Gasteiger partial charge in [0, 0.05) is 44.2 Å². The SMILES string of the molecule is COC(=O)C[C@H](C(=O)N1CCN(C(C)=O)C[C@H]1c1ncc(-c2ccc(C#Cc3ccc(-c4cnc([C@@H]5CCCN5C(=O)[C@@H](NC(=O)OC)C(C)C)[nH]4)cc3)cc2)[nH]1)C(C)C. The van der Waals surface area contributed by atoms with Crippen molar-refractivity contribution in [3.63, 3.8) is 0 Å². The summed E-state index contributed by atoms with van der Waals surface area (Å²) in [4.78, 5) is 85.2. The summed E-state index contributed by atoms with van der Waals surface area (Å²) < 4.78 is 9.62. The van der Waals surface area contributed by atoms with Crippen molar-refractivity contribution in [3.05, 3.63) is 83.7 Å². The molecule has 4 amide bonds. The van der Waals surface area contributed by atoms with E-state index in [0.29, 0.717) is 31.3 Å². The van der Waals surface area contributed by atoms with Crippen LogP contribution in [0.25, 0.3) is 22.5 Å². The monoisotopic (exact) mass is 818 g/mol. The number of likely N-dealkylation sites (tertiary alicyclic amines) is 1. The topological polar surface area (TPSA) is 183 Å². The molecule has 4 aromatic rings. The second-order valence-corrected chi connectivity index (χ2v) is 16.0. The molecule has 2 aliphatic rings. The van der Waals surface area contributed by atoms with E-state index in [0.717, 1.165) is 46.5 Å². The lowest BCUT2D eigenvalue weighted by Crippen LogP contribution is -2.54. The van der Waals surface area contributed by atoms with E-state index in [1.165, 1.54) is 21.1 Å². The first-order valence-corrected chi connectivity index (χ1v) is 20.4. The molecule has 60 heavy (non-hydrogen) atoms. The predicted octanol–water partition coefficient (Wildman–Crippen LogP) is 5.48. The van der Waals surface area contributed by atoms with E-state index in [1.54, 1.807) is 27.1 Å². The normalized spacial score (nSPS) is 17.5. The maximum atomic E-state index is 13.9. The fraction of sp³-hybridized carbons (Fsp3) is 0.444. The quantitative estimate of drug-likeness (QED) is 0.130. The van der Waals surface area contributed by atoms with Crippen LogP contribution in [0.15, 0.2) is 60.9 Å². The van der Waals surface area contributed by atoms with Crippen molar-refractivity contribution < 1.29 is 33.4 Å². The highest BCUT2D eigenvalue weighted by molar-refractivity contribution is 5.87. The highest BCUT2D eigenvalue weighted by Gasteiger charge is 2.40. The minimum atomic E-state index is -0.700. The van der Waals surface area contributed by atoms with Crippen molar-refractivity contribution in [3.8, 4) is 34.4 Å². The number of hydrogen-bond donors (Lipinski definition) is 3. The van der Waals surface area contributed by atoms with Gasteiger partial charge in [-0.25, -0.2) is 14.8 Å². The molecule has 2 aliphatic heterocycles. The van der Waals surface area contributed by atoms with Crippen LogP contribution in [0.1, 0.15) is 88.7 Å².